The van der Waals surface area contributed by atoms with Crippen LogP contribution >= 0.6 is 0 Å². The molecular formula is C10H12BN3. The van der Waals surface area contributed by atoms with Crippen molar-refractivity contribution < 1.29 is 0 Å². The second-order valence-electron chi connectivity index (χ2n) is 3.10. The van der Waals surface area contributed by atoms with E-state index in [0.29, 0.717) is 12.1 Å². The minimum atomic E-state index is -0.595. The quantitative estimate of drug-likeness (QED) is 0.432. The van der Waals surface area contributed by atoms with Crippen molar-refractivity contribution in [3.63, 3.8) is 0 Å². The maximum atomic E-state index is 6.88. The van der Waals surface area contributed by atoms with Gasteiger partial charge >= 0.3 is 83.6 Å². The van der Waals surface area contributed by atoms with Crippen molar-refractivity contribution in [2.45, 2.75) is 12.0 Å². The minimum absolute atomic E-state index is 0.502. The van der Waals surface area contributed by atoms with Crippen LogP contribution in [0.4, 0.5) is 0 Å². The van der Waals surface area contributed by atoms with Crippen LogP contribution in [0.1, 0.15) is 6.42 Å². The van der Waals surface area contributed by atoms with E-state index in [2.05, 4.69) is 11.8 Å². The SMILES string of the molecule is N=B/C=C/C1(N)C=CC=C(N)C#CC1. The molecule has 0 radical (unpaired) electrons. The monoisotopic (exact) mass is 185 g/mol. The third kappa shape index (κ3) is 3.04. The molecule has 0 aromatic rings. The molecule has 3 nitrogen and oxygen atoms in total. The Morgan fingerprint density at radius 3 is 3.14 bits per heavy atom. The summed E-state index contributed by atoms with van der Waals surface area (Å²) in [6.45, 7) is 0. The Balaban J connectivity index is 2.90. The molecule has 0 heterocycles. The Morgan fingerprint density at radius 2 is 2.43 bits per heavy atom. The molecule has 1 atom stereocenters. The number of rotatable bonds is 2. The van der Waals surface area contributed by atoms with Crippen molar-refractivity contribution in [1.82, 2.24) is 0 Å². The summed E-state index contributed by atoms with van der Waals surface area (Å²) in [6.07, 6.45) is 7.58. The molecule has 0 saturated heterocycles. The van der Waals surface area contributed by atoms with E-state index in [1.54, 1.807) is 24.2 Å². The number of nitrogens with one attached hydrogen (secondary N) is 1. The van der Waals surface area contributed by atoms with Crippen molar-refractivity contribution >= 4 is 7.07 Å². The van der Waals surface area contributed by atoms with E-state index in [0.717, 1.165) is 0 Å². The molecule has 0 fully saturated rings. The summed E-state index contributed by atoms with van der Waals surface area (Å²) in [5.41, 5.74) is 11.5. The van der Waals surface area contributed by atoms with E-state index in [-0.39, 0.29) is 0 Å². The number of allylic oxidation sites excluding steroid dienone is 3. The van der Waals surface area contributed by atoms with E-state index in [9.17, 15) is 0 Å². The number of nitrogens with two attached hydrogens (primary N) is 2. The van der Waals surface area contributed by atoms with Gasteiger partial charge in [-0.25, -0.2) is 0 Å². The summed E-state index contributed by atoms with van der Waals surface area (Å²) < 4.78 is 0. The van der Waals surface area contributed by atoms with Crippen molar-refractivity contribution in [2.24, 2.45) is 11.5 Å². The molecule has 0 saturated carbocycles. The standard InChI is InChI=1S/C10H12BN3/c12-9-3-1-5-10(13,6-2-4-9)7-8-11-14/h1,3,5,7-8,14H,6,12-13H2/b5-1?,8-7+,9-3?. The van der Waals surface area contributed by atoms with E-state index in [4.69, 9.17) is 16.8 Å². The predicted octanol–water partition coefficient (Wildman–Crippen LogP) is 0.470. The van der Waals surface area contributed by atoms with Gasteiger partial charge in [-0.1, -0.05) is 0 Å². The molecule has 14 heavy (non-hydrogen) atoms. The maximum absolute atomic E-state index is 6.88. The molecule has 1 unspecified atom stereocenters. The molecule has 0 bridgehead atoms. The predicted molar refractivity (Wildman–Crippen MR) is 58.3 cm³/mol. The van der Waals surface area contributed by atoms with Crippen molar-refractivity contribution in [3.05, 3.63) is 36.0 Å². The molecule has 0 aliphatic heterocycles. The summed E-state index contributed by atoms with van der Waals surface area (Å²) in [4.78, 5) is 0. The van der Waals surface area contributed by atoms with Gasteiger partial charge in [-0.15, -0.1) is 0 Å². The third-order valence-electron chi connectivity index (χ3n) is 1.81. The second-order valence-corrected chi connectivity index (χ2v) is 3.10. The Bertz CT molecular complexity index is 371. The zero-order chi connectivity index (χ0) is 10.4. The Labute approximate surface area is 84.3 Å². The van der Waals surface area contributed by atoms with Crippen molar-refractivity contribution in [1.29, 1.82) is 5.31 Å². The normalized spacial score (nSPS) is 25.6. The molecule has 0 amide bonds. The van der Waals surface area contributed by atoms with Crippen LogP contribution in [0, 0.1) is 17.2 Å². The van der Waals surface area contributed by atoms with Gasteiger partial charge in [-0.05, 0) is 0 Å². The van der Waals surface area contributed by atoms with E-state index >= 15 is 0 Å². The Hall–Kier alpha value is -1.60. The van der Waals surface area contributed by atoms with Crippen molar-refractivity contribution in [2.75, 3.05) is 0 Å². The van der Waals surface area contributed by atoms with Crippen molar-refractivity contribution in [3.8, 4) is 11.8 Å². The summed E-state index contributed by atoms with van der Waals surface area (Å²) >= 11 is 0. The van der Waals surface area contributed by atoms with Crippen LogP contribution in [0.3, 0.4) is 0 Å². The molecular weight excluding hydrogens is 173 g/mol. The average Bonchev–Trinajstić information content (AvgIpc) is 2.12. The fraction of sp³-hybridized carbons (Fsp3) is 0.200. The Kier molecular flexibility index (Phi) is 3.44. The summed E-state index contributed by atoms with van der Waals surface area (Å²) in [5, 5.41) is 6.88. The third-order valence-corrected chi connectivity index (χ3v) is 1.81. The average molecular weight is 185 g/mol. The van der Waals surface area contributed by atoms with Gasteiger partial charge in [0.15, 0.2) is 0 Å². The first-order chi connectivity index (χ1) is 6.66. The molecule has 70 valence electrons. The Morgan fingerprint density at radius 1 is 1.64 bits per heavy atom. The topological polar surface area (TPSA) is 75.9 Å². The van der Waals surface area contributed by atoms with Gasteiger partial charge in [0, 0.05) is 0 Å². The van der Waals surface area contributed by atoms with Gasteiger partial charge in [0.25, 0.3) is 0 Å². The van der Waals surface area contributed by atoms with Gasteiger partial charge in [0.05, 0.1) is 0 Å². The van der Waals surface area contributed by atoms with Gasteiger partial charge in [0.1, 0.15) is 0 Å². The fourth-order valence-electron chi connectivity index (χ4n) is 1.07. The van der Waals surface area contributed by atoms with Gasteiger partial charge in [0.2, 0.25) is 0 Å². The van der Waals surface area contributed by atoms with Crippen LogP contribution in [-0.2, 0) is 0 Å². The number of hydrogen-bond acceptors (Lipinski definition) is 3. The summed E-state index contributed by atoms with van der Waals surface area (Å²) in [7, 11) is 1.19. The van der Waals surface area contributed by atoms with E-state index < -0.39 is 5.54 Å². The molecule has 0 spiro atoms. The fourth-order valence-corrected chi connectivity index (χ4v) is 1.07. The first kappa shape index (κ1) is 10.5. The summed E-state index contributed by atoms with van der Waals surface area (Å²) in [5.74, 6) is 7.27. The first-order valence-electron chi connectivity index (χ1n) is 4.27. The first-order valence-corrected chi connectivity index (χ1v) is 4.27. The molecule has 1 rings (SSSR count). The van der Waals surface area contributed by atoms with Crippen LogP contribution in [0.15, 0.2) is 36.0 Å². The second kappa shape index (κ2) is 4.59. The van der Waals surface area contributed by atoms with E-state index in [1.165, 1.54) is 7.07 Å². The number of hydrogen-bond donors (Lipinski definition) is 3. The van der Waals surface area contributed by atoms with Gasteiger partial charge in [-0.3, -0.25) is 0 Å². The zero-order valence-corrected chi connectivity index (χ0v) is 7.83. The van der Waals surface area contributed by atoms with Crippen LogP contribution in [-0.4, -0.2) is 12.6 Å². The molecule has 1 aliphatic carbocycles. The molecule has 4 heteroatoms. The van der Waals surface area contributed by atoms with Crippen LogP contribution in [0.2, 0.25) is 0 Å². The van der Waals surface area contributed by atoms with E-state index in [1.807, 2.05) is 6.08 Å². The van der Waals surface area contributed by atoms with Gasteiger partial charge in [-0.2, -0.15) is 0 Å². The van der Waals surface area contributed by atoms with Crippen LogP contribution in [0.25, 0.3) is 0 Å². The molecule has 0 aromatic carbocycles. The molecule has 0 aromatic heterocycles. The zero-order valence-electron chi connectivity index (χ0n) is 7.83. The molecule has 1 aliphatic rings. The molecule has 5 N–H and O–H groups in total. The van der Waals surface area contributed by atoms with Crippen LogP contribution < -0.4 is 11.5 Å². The van der Waals surface area contributed by atoms with Gasteiger partial charge < -0.3 is 0 Å². The van der Waals surface area contributed by atoms with Crippen LogP contribution in [0.5, 0.6) is 0 Å². The summed E-state index contributed by atoms with van der Waals surface area (Å²) in [6, 6.07) is 0.